The van der Waals surface area contributed by atoms with Crippen molar-refractivity contribution in [3.63, 3.8) is 0 Å². The molecule has 0 aromatic heterocycles. The SMILES string of the molecule is CCOc1ccc(S(=O)(=O)N(C)C)cc1NC(=O)CCCNC.Cl. The van der Waals surface area contributed by atoms with Crippen LogP contribution in [0.2, 0.25) is 0 Å². The van der Waals surface area contributed by atoms with Crippen LogP contribution in [0.5, 0.6) is 5.75 Å². The first-order valence-corrected chi connectivity index (χ1v) is 8.90. The van der Waals surface area contributed by atoms with E-state index < -0.39 is 10.0 Å². The summed E-state index contributed by atoms with van der Waals surface area (Å²) in [6, 6.07) is 4.45. The molecule has 1 aromatic carbocycles. The first-order chi connectivity index (χ1) is 10.8. The lowest BCUT2D eigenvalue weighted by Crippen LogP contribution is -2.22. The topological polar surface area (TPSA) is 87.7 Å². The molecule has 0 aliphatic heterocycles. The molecule has 0 heterocycles. The Morgan fingerprint density at radius 3 is 2.50 bits per heavy atom. The normalized spacial score (nSPS) is 11.0. The van der Waals surface area contributed by atoms with Crippen molar-refractivity contribution in [1.29, 1.82) is 0 Å². The van der Waals surface area contributed by atoms with Crippen LogP contribution in [0, 0.1) is 0 Å². The lowest BCUT2D eigenvalue weighted by atomic mass is 10.2. The maximum absolute atomic E-state index is 12.2. The number of sulfonamides is 1. The first-order valence-electron chi connectivity index (χ1n) is 7.46. The van der Waals surface area contributed by atoms with Gasteiger partial charge in [0.25, 0.3) is 0 Å². The second-order valence-electron chi connectivity index (χ2n) is 5.13. The van der Waals surface area contributed by atoms with Gasteiger partial charge in [-0.25, -0.2) is 12.7 Å². The maximum Gasteiger partial charge on any atom is 0.242 e. The summed E-state index contributed by atoms with van der Waals surface area (Å²) in [6.45, 7) is 2.98. The molecule has 0 fully saturated rings. The highest BCUT2D eigenvalue weighted by molar-refractivity contribution is 7.89. The maximum atomic E-state index is 12.2. The van der Waals surface area contributed by atoms with E-state index in [9.17, 15) is 13.2 Å². The van der Waals surface area contributed by atoms with Crippen molar-refractivity contribution in [2.45, 2.75) is 24.7 Å². The number of hydrogen-bond acceptors (Lipinski definition) is 5. The first kappa shape index (κ1) is 22.6. The summed E-state index contributed by atoms with van der Waals surface area (Å²) >= 11 is 0. The van der Waals surface area contributed by atoms with Crippen LogP contribution in [0.25, 0.3) is 0 Å². The molecule has 2 N–H and O–H groups in total. The smallest absolute Gasteiger partial charge is 0.242 e. The summed E-state index contributed by atoms with van der Waals surface area (Å²) in [7, 11) is 1.17. The Bertz CT molecular complexity index is 636. The van der Waals surface area contributed by atoms with Gasteiger partial charge in [0.2, 0.25) is 15.9 Å². The number of hydrogen-bond donors (Lipinski definition) is 2. The molecule has 0 unspecified atom stereocenters. The largest absolute Gasteiger partial charge is 0.492 e. The molecule has 0 radical (unpaired) electrons. The van der Waals surface area contributed by atoms with Gasteiger partial charge in [-0.3, -0.25) is 4.79 Å². The van der Waals surface area contributed by atoms with Crippen molar-refractivity contribution in [2.75, 3.05) is 39.6 Å². The number of anilines is 1. The van der Waals surface area contributed by atoms with Gasteiger partial charge in [-0.1, -0.05) is 0 Å². The molecule has 0 spiro atoms. The average molecular weight is 380 g/mol. The standard InChI is InChI=1S/C15H25N3O4S.ClH/c1-5-22-14-9-8-12(23(20,21)18(3)4)11-13(14)17-15(19)7-6-10-16-2;/h8-9,11,16H,5-7,10H2,1-4H3,(H,17,19);1H. The summed E-state index contributed by atoms with van der Waals surface area (Å²) in [5.41, 5.74) is 0.365. The molecule has 7 nitrogen and oxygen atoms in total. The number of nitrogens with one attached hydrogen (secondary N) is 2. The van der Waals surface area contributed by atoms with E-state index in [0.29, 0.717) is 30.9 Å². The van der Waals surface area contributed by atoms with E-state index in [2.05, 4.69) is 10.6 Å². The number of benzene rings is 1. The van der Waals surface area contributed by atoms with E-state index in [1.165, 1.54) is 26.2 Å². The predicted octanol–water partition coefficient (Wildman–Crippen LogP) is 1.70. The summed E-state index contributed by atoms with van der Waals surface area (Å²) in [5.74, 6) is 0.271. The van der Waals surface area contributed by atoms with E-state index in [4.69, 9.17) is 4.74 Å². The Hall–Kier alpha value is -1.35. The fourth-order valence-electron chi connectivity index (χ4n) is 1.90. The van der Waals surface area contributed by atoms with E-state index in [-0.39, 0.29) is 23.2 Å². The predicted molar refractivity (Wildman–Crippen MR) is 97.5 cm³/mol. The molecule has 0 saturated carbocycles. The highest BCUT2D eigenvalue weighted by atomic mass is 35.5. The van der Waals surface area contributed by atoms with Crippen LogP contribution in [-0.4, -0.2) is 52.9 Å². The third-order valence-corrected chi connectivity index (χ3v) is 4.95. The Balaban J connectivity index is 0.00000529. The van der Waals surface area contributed by atoms with Gasteiger partial charge in [0.05, 0.1) is 17.2 Å². The number of carbonyl (C=O) groups excluding carboxylic acids is 1. The minimum absolute atomic E-state index is 0. The number of rotatable bonds is 9. The second kappa shape index (κ2) is 10.5. The van der Waals surface area contributed by atoms with Crippen molar-refractivity contribution in [2.24, 2.45) is 0 Å². The summed E-state index contributed by atoms with van der Waals surface area (Å²) in [4.78, 5) is 12.1. The molecule has 0 saturated heterocycles. The molecule has 24 heavy (non-hydrogen) atoms. The zero-order valence-corrected chi connectivity index (χ0v) is 16.1. The monoisotopic (exact) mass is 379 g/mol. The number of nitrogens with zero attached hydrogens (tertiary/aromatic N) is 1. The number of amides is 1. The Morgan fingerprint density at radius 1 is 1.29 bits per heavy atom. The molecule has 9 heteroatoms. The van der Waals surface area contributed by atoms with Gasteiger partial charge >= 0.3 is 0 Å². The van der Waals surface area contributed by atoms with Gasteiger partial charge in [-0.05, 0) is 45.1 Å². The van der Waals surface area contributed by atoms with Crippen LogP contribution in [0.3, 0.4) is 0 Å². The molecule has 0 aliphatic carbocycles. The number of ether oxygens (including phenoxy) is 1. The van der Waals surface area contributed by atoms with Crippen LogP contribution in [-0.2, 0) is 14.8 Å². The second-order valence-corrected chi connectivity index (χ2v) is 7.29. The molecule has 0 aliphatic rings. The molecule has 1 rings (SSSR count). The molecule has 0 atom stereocenters. The zero-order chi connectivity index (χ0) is 17.5. The van der Waals surface area contributed by atoms with E-state index in [1.54, 1.807) is 6.07 Å². The number of halogens is 1. The zero-order valence-electron chi connectivity index (χ0n) is 14.5. The molecular weight excluding hydrogens is 354 g/mol. The van der Waals surface area contributed by atoms with Crippen molar-refractivity contribution in [1.82, 2.24) is 9.62 Å². The Morgan fingerprint density at radius 2 is 1.96 bits per heavy atom. The Labute approximate surface area is 150 Å². The van der Waals surface area contributed by atoms with Crippen molar-refractivity contribution in [3.8, 4) is 5.75 Å². The molecule has 0 bridgehead atoms. The van der Waals surface area contributed by atoms with Gasteiger partial charge in [0.1, 0.15) is 5.75 Å². The minimum Gasteiger partial charge on any atom is -0.492 e. The van der Waals surface area contributed by atoms with Crippen molar-refractivity contribution >= 4 is 34.0 Å². The third kappa shape index (κ3) is 6.27. The fourth-order valence-corrected chi connectivity index (χ4v) is 2.83. The minimum atomic E-state index is -3.57. The van der Waals surface area contributed by atoms with Crippen molar-refractivity contribution < 1.29 is 17.9 Å². The van der Waals surface area contributed by atoms with Gasteiger partial charge in [-0.15, -0.1) is 12.4 Å². The van der Waals surface area contributed by atoms with E-state index in [0.717, 1.165) is 10.8 Å². The lowest BCUT2D eigenvalue weighted by molar-refractivity contribution is -0.116. The van der Waals surface area contributed by atoms with Gasteiger partial charge in [0, 0.05) is 20.5 Å². The van der Waals surface area contributed by atoms with Gasteiger partial charge < -0.3 is 15.4 Å². The Kier molecular flexibility index (Phi) is 9.91. The summed E-state index contributed by atoms with van der Waals surface area (Å²) in [5, 5.41) is 5.70. The van der Waals surface area contributed by atoms with E-state index in [1.807, 2.05) is 14.0 Å². The van der Waals surface area contributed by atoms with E-state index >= 15 is 0 Å². The number of carbonyl (C=O) groups is 1. The highest BCUT2D eigenvalue weighted by Crippen LogP contribution is 2.29. The fraction of sp³-hybridized carbons (Fsp3) is 0.533. The molecular formula is C15H26ClN3O4S. The molecule has 138 valence electrons. The van der Waals surface area contributed by atoms with Crippen LogP contribution < -0.4 is 15.4 Å². The van der Waals surface area contributed by atoms with Gasteiger partial charge in [0.15, 0.2) is 0 Å². The summed E-state index contributed by atoms with van der Waals surface area (Å²) in [6.07, 6.45) is 1.04. The quantitative estimate of drug-likeness (QED) is 0.637. The third-order valence-electron chi connectivity index (χ3n) is 3.13. The molecule has 1 amide bonds. The van der Waals surface area contributed by atoms with Crippen LogP contribution in [0.15, 0.2) is 23.1 Å². The average Bonchev–Trinajstić information content (AvgIpc) is 2.49. The van der Waals surface area contributed by atoms with Gasteiger partial charge in [-0.2, -0.15) is 0 Å². The highest BCUT2D eigenvalue weighted by Gasteiger charge is 2.19. The lowest BCUT2D eigenvalue weighted by Gasteiger charge is -2.16. The van der Waals surface area contributed by atoms with Crippen LogP contribution in [0.1, 0.15) is 19.8 Å². The van der Waals surface area contributed by atoms with Crippen LogP contribution in [0.4, 0.5) is 5.69 Å². The van der Waals surface area contributed by atoms with Crippen LogP contribution >= 0.6 is 12.4 Å². The summed E-state index contributed by atoms with van der Waals surface area (Å²) < 4.78 is 31.0. The molecule has 1 aromatic rings. The van der Waals surface area contributed by atoms with Crippen molar-refractivity contribution in [3.05, 3.63) is 18.2 Å².